The van der Waals surface area contributed by atoms with Crippen LogP contribution in [0.5, 0.6) is 5.75 Å². The maximum atomic E-state index is 12.2. The van der Waals surface area contributed by atoms with Crippen LogP contribution in [-0.2, 0) is 0 Å². The van der Waals surface area contributed by atoms with Crippen molar-refractivity contribution in [1.82, 2.24) is 5.32 Å². The minimum Gasteiger partial charge on any atom is -0.494 e. The summed E-state index contributed by atoms with van der Waals surface area (Å²) in [7, 11) is 0. The largest absolute Gasteiger partial charge is 0.494 e. The van der Waals surface area contributed by atoms with Gasteiger partial charge in [-0.3, -0.25) is 20.2 Å². The molecule has 8 heteroatoms. The molecule has 2 rings (SSSR count). The highest BCUT2D eigenvalue weighted by Gasteiger charge is 2.19. The molecule has 0 fully saturated rings. The third-order valence-electron chi connectivity index (χ3n) is 3.65. The number of nitrogens with zero attached hydrogens (tertiary/aromatic N) is 1. The number of benzene rings is 2. The Morgan fingerprint density at radius 2 is 1.85 bits per heavy atom. The SMILES string of the molecule is CC(C)CCOc1ccc(NC(=S)NC(=O)c2ccccc2[N+](=O)[O-])cc1. The second-order valence-corrected chi connectivity index (χ2v) is 6.65. The van der Waals surface area contributed by atoms with Crippen molar-refractivity contribution < 1.29 is 14.5 Å². The van der Waals surface area contributed by atoms with E-state index >= 15 is 0 Å². The van der Waals surface area contributed by atoms with Gasteiger partial charge in [-0.15, -0.1) is 0 Å². The predicted octanol–water partition coefficient (Wildman–Crippen LogP) is 4.15. The highest BCUT2D eigenvalue weighted by molar-refractivity contribution is 7.80. The van der Waals surface area contributed by atoms with Crippen LogP contribution in [0.2, 0.25) is 0 Å². The van der Waals surface area contributed by atoms with Crippen LogP contribution in [0, 0.1) is 16.0 Å². The maximum Gasteiger partial charge on any atom is 0.282 e. The van der Waals surface area contributed by atoms with E-state index in [1.165, 1.54) is 18.2 Å². The molecule has 0 spiro atoms. The molecule has 7 nitrogen and oxygen atoms in total. The van der Waals surface area contributed by atoms with Crippen molar-refractivity contribution in [2.45, 2.75) is 20.3 Å². The number of nitrogens with one attached hydrogen (secondary N) is 2. The fourth-order valence-electron chi connectivity index (χ4n) is 2.20. The minimum atomic E-state index is -0.645. The third kappa shape index (κ3) is 6.34. The van der Waals surface area contributed by atoms with E-state index in [4.69, 9.17) is 17.0 Å². The van der Waals surface area contributed by atoms with Gasteiger partial charge >= 0.3 is 0 Å². The van der Waals surface area contributed by atoms with Gasteiger partial charge in [0.1, 0.15) is 11.3 Å². The Kier molecular flexibility index (Phi) is 7.25. The van der Waals surface area contributed by atoms with Gasteiger partial charge in [-0.1, -0.05) is 26.0 Å². The Morgan fingerprint density at radius 1 is 1.19 bits per heavy atom. The Balaban J connectivity index is 1.92. The summed E-state index contributed by atoms with van der Waals surface area (Å²) in [5.74, 6) is 0.678. The molecule has 0 aliphatic heterocycles. The molecule has 0 radical (unpaired) electrons. The first-order chi connectivity index (χ1) is 12.9. The normalized spacial score (nSPS) is 10.3. The fourth-order valence-corrected chi connectivity index (χ4v) is 2.42. The van der Waals surface area contributed by atoms with Crippen LogP contribution in [0.25, 0.3) is 0 Å². The number of thiocarbonyl (C=S) groups is 1. The van der Waals surface area contributed by atoms with Gasteiger partial charge in [0.25, 0.3) is 11.6 Å². The van der Waals surface area contributed by atoms with Gasteiger partial charge in [0, 0.05) is 11.8 Å². The standard InChI is InChI=1S/C19H21N3O4S/c1-13(2)11-12-26-15-9-7-14(8-10-15)20-19(27)21-18(23)16-5-3-4-6-17(16)22(24)25/h3-10,13H,11-12H2,1-2H3,(H2,20,21,23,27). The van der Waals surface area contributed by atoms with Crippen molar-refractivity contribution in [2.24, 2.45) is 5.92 Å². The predicted molar refractivity (Wildman–Crippen MR) is 108 cm³/mol. The Hall–Kier alpha value is -3.00. The first kappa shape index (κ1) is 20.3. The summed E-state index contributed by atoms with van der Waals surface area (Å²) < 4.78 is 5.64. The van der Waals surface area contributed by atoms with Crippen molar-refractivity contribution in [3.05, 3.63) is 64.2 Å². The first-order valence-electron chi connectivity index (χ1n) is 8.45. The molecule has 0 atom stereocenters. The number of hydrogen-bond donors (Lipinski definition) is 2. The number of para-hydroxylation sites is 1. The second-order valence-electron chi connectivity index (χ2n) is 6.24. The van der Waals surface area contributed by atoms with E-state index in [9.17, 15) is 14.9 Å². The Bertz CT molecular complexity index is 822. The number of anilines is 1. The minimum absolute atomic E-state index is 0.0478. The van der Waals surface area contributed by atoms with Crippen LogP contribution in [0.1, 0.15) is 30.6 Å². The molecule has 1 amide bonds. The monoisotopic (exact) mass is 387 g/mol. The highest BCUT2D eigenvalue weighted by Crippen LogP contribution is 2.18. The van der Waals surface area contributed by atoms with Crippen molar-refractivity contribution in [3.8, 4) is 5.75 Å². The molecule has 0 aliphatic rings. The zero-order chi connectivity index (χ0) is 19.8. The number of amides is 1. The zero-order valence-corrected chi connectivity index (χ0v) is 15.9. The van der Waals surface area contributed by atoms with E-state index in [-0.39, 0.29) is 16.4 Å². The molecule has 27 heavy (non-hydrogen) atoms. The smallest absolute Gasteiger partial charge is 0.282 e. The van der Waals surface area contributed by atoms with Gasteiger partial charge < -0.3 is 10.1 Å². The molecule has 2 N–H and O–H groups in total. The van der Waals surface area contributed by atoms with Crippen LogP contribution in [0.3, 0.4) is 0 Å². The molecule has 0 saturated heterocycles. The summed E-state index contributed by atoms with van der Waals surface area (Å²) in [6.45, 7) is 4.92. The Morgan fingerprint density at radius 3 is 2.48 bits per heavy atom. The van der Waals surface area contributed by atoms with E-state index in [1.54, 1.807) is 30.3 Å². The molecule has 2 aromatic carbocycles. The summed E-state index contributed by atoms with van der Waals surface area (Å²) in [5, 5.41) is 16.4. The van der Waals surface area contributed by atoms with Crippen LogP contribution in [-0.4, -0.2) is 22.5 Å². The van der Waals surface area contributed by atoms with Crippen molar-refractivity contribution in [2.75, 3.05) is 11.9 Å². The number of carbonyl (C=O) groups is 1. The van der Waals surface area contributed by atoms with Gasteiger partial charge in [-0.2, -0.15) is 0 Å². The molecule has 0 unspecified atom stereocenters. The van der Waals surface area contributed by atoms with Crippen LogP contribution >= 0.6 is 12.2 Å². The van der Waals surface area contributed by atoms with Gasteiger partial charge in [0.05, 0.1) is 11.5 Å². The fraction of sp³-hybridized carbons (Fsp3) is 0.263. The van der Waals surface area contributed by atoms with Crippen LogP contribution in [0.4, 0.5) is 11.4 Å². The lowest BCUT2D eigenvalue weighted by molar-refractivity contribution is -0.385. The highest BCUT2D eigenvalue weighted by atomic mass is 32.1. The topological polar surface area (TPSA) is 93.5 Å². The molecular formula is C19H21N3O4S. The van der Waals surface area contributed by atoms with Gasteiger partial charge in [0.2, 0.25) is 0 Å². The number of nitro benzene ring substituents is 1. The lowest BCUT2D eigenvalue weighted by atomic mass is 10.1. The van der Waals surface area contributed by atoms with E-state index in [0.717, 1.165) is 12.2 Å². The number of carbonyl (C=O) groups excluding carboxylic acids is 1. The lowest BCUT2D eigenvalue weighted by Gasteiger charge is -2.11. The zero-order valence-electron chi connectivity index (χ0n) is 15.1. The summed E-state index contributed by atoms with van der Waals surface area (Å²) >= 11 is 5.11. The lowest BCUT2D eigenvalue weighted by Crippen LogP contribution is -2.34. The number of rotatable bonds is 7. The maximum absolute atomic E-state index is 12.2. The summed E-state index contributed by atoms with van der Waals surface area (Å²) in [6, 6.07) is 12.8. The van der Waals surface area contributed by atoms with Crippen LogP contribution in [0.15, 0.2) is 48.5 Å². The second kappa shape index (κ2) is 9.63. The van der Waals surface area contributed by atoms with Crippen molar-refractivity contribution >= 4 is 34.6 Å². The number of nitro groups is 1. The van der Waals surface area contributed by atoms with E-state index in [2.05, 4.69) is 24.5 Å². The molecule has 0 aliphatic carbocycles. The average molecular weight is 387 g/mol. The van der Waals surface area contributed by atoms with E-state index in [0.29, 0.717) is 18.2 Å². The molecule has 0 aromatic heterocycles. The summed E-state index contributed by atoms with van der Waals surface area (Å²) in [5.41, 5.74) is 0.334. The van der Waals surface area contributed by atoms with Crippen molar-refractivity contribution in [1.29, 1.82) is 0 Å². The summed E-state index contributed by atoms with van der Waals surface area (Å²) in [6.07, 6.45) is 0.974. The molecule has 0 heterocycles. The molecule has 2 aromatic rings. The molecule has 0 bridgehead atoms. The van der Waals surface area contributed by atoms with Gasteiger partial charge in [-0.25, -0.2) is 0 Å². The third-order valence-corrected chi connectivity index (χ3v) is 3.85. The van der Waals surface area contributed by atoms with Gasteiger partial charge in [0.15, 0.2) is 5.11 Å². The van der Waals surface area contributed by atoms with Crippen molar-refractivity contribution in [3.63, 3.8) is 0 Å². The molecule has 142 valence electrons. The molecule has 0 saturated carbocycles. The van der Waals surface area contributed by atoms with Gasteiger partial charge in [-0.05, 0) is 54.9 Å². The molecular weight excluding hydrogens is 366 g/mol. The van der Waals surface area contributed by atoms with E-state index < -0.39 is 10.8 Å². The number of hydrogen-bond acceptors (Lipinski definition) is 5. The van der Waals surface area contributed by atoms with E-state index in [1.807, 2.05) is 0 Å². The van der Waals surface area contributed by atoms with Crippen LogP contribution < -0.4 is 15.4 Å². The Labute approximate surface area is 162 Å². The number of ether oxygens (including phenoxy) is 1. The first-order valence-corrected chi connectivity index (χ1v) is 8.86. The summed E-state index contributed by atoms with van der Waals surface area (Å²) in [4.78, 5) is 22.6. The average Bonchev–Trinajstić information content (AvgIpc) is 2.62. The quantitative estimate of drug-likeness (QED) is 0.421.